The molecule has 120 valence electrons. The Bertz CT molecular complexity index is 873. The number of nitrogens with one attached hydrogen (secondary N) is 1. The number of allylic oxidation sites excluding steroid dienone is 1. The molecule has 5 heteroatoms. The van der Waals surface area contributed by atoms with Crippen LogP contribution in [0.3, 0.4) is 0 Å². The zero-order chi connectivity index (χ0) is 16.8. The predicted molar refractivity (Wildman–Crippen MR) is 93.4 cm³/mol. The van der Waals surface area contributed by atoms with Gasteiger partial charge in [-0.1, -0.05) is 24.3 Å². The molecule has 5 nitrogen and oxygen atoms in total. The molecule has 1 heterocycles. The number of ether oxygens (including phenoxy) is 2. The van der Waals surface area contributed by atoms with Crippen molar-refractivity contribution in [1.29, 1.82) is 5.26 Å². The average molecular weight is 319 g/mol. The molecule has 0 fully saturated rings. The number of hydrogen-bond acceptors (Lipinski definition) is 4. The van der Waals surface area contributed by atoms with Crippen molar-refractivity contribution in [1.82, 2.24) is 9.97 Å². The van der Waals surface area contributed by atoms with E-state index in [-0.39, 0.29) is 0 Å². The van der Waals surface area contributed by atoms with Crippen LogP contribution in [0.25, 0.3) is 22.7 Å². The molecule has 0 spiro atoms. The van der Waals surface area contributed by atoms with E-state index in [1.165, 1.54) is 0 Å². The second-order valence-electron chi connectivity index (χ2n) is 5.19. The van der Waals surface area contributed by atoms with Gasteiger partial charge in [0, 0.05) is 7.11 Å². The molecular formula is C19H17N3O2. The van der Waals surface area contributed by atoms with Crippen LogP contribution < -0.4 is 4.74 Å². The molecule has 1 aromatic heterocycles. The Morgan fingerprint density at radius 2 is 2.08 bits per heavy atom. The maximum absolute atomic E-state index is 9.48. The molecule has 3 aromatic rings. The van der Waals surface area contributed by atoms with Gasteiger partial charge in [0.05, 0.1) is 23.2 Å². The molecule has 0 aliphatic carbocycles. The van der Waals surface area contributed by atoms with E-state index in [4.69, 9.17) is 9.47 Å². The summed E-state index contributed by atoms with van der Waals surface area (Å²) in [4.78, 5) is 7.64. The molecule has 0 aliphatic heterocycles. The Labute approximate surface area is 140 Å². The first-order chi connectivity index (χ1) is 11.8. The van der Waals surface area contributed by atoms with E-state index in [9.17, 15) is 5.26 Å². The van der Waals surface area contributed by atoms with E-state index in [1.54, 1.807) is 13.2 Å². The van der Waals surface area contributed by atoms with Crippen molar-refractivity contribution in [3.8, 4) is 11.8 Å². The molecule has 0 atom stereocenters. The van der Waals surface area contributed by atoms with Gasteiger partial charge in [-0.15, -0.1) is 0 Å². The summed E-state index contributed by atoms with van der Waals surface area (Å²) in [6.45, 7) is 1.01. The van der Waals surface area contributed by atoms with Gasteiger partial charge in [-0.05, 0) is 35.9 Å². The summed E-state index contributed by atoms with van der Waals surface area (Å²) in [6.07, 6.45) is 1.79. The van der Waals surface area contributed by atoms with Gasteiger partial charge < -0.3 is 14.5 Å². The molecule has 0 amide bonds. The van der Waals surface area contributed by atoms with Gasteiger partial charge in [-0.3, -0.25) is 0 Å². The van der Waals surface area contributed by atoms with Crippen LogP contribution in [-0.4, -0.2) is 30.3 Å². The Morgan fingerprint density at radius 3 is 2.88 bits per heavy atom. The van der Waals surface area contributed by atoms with E-state index in [1.807, 2.05) is 48.5 Å². The number of methoxy groups -OCH3 is 1. The van der Waals surface area contributed by atoms with Gasteiger partial charge in [0.2, 0.25) is 0 Å². The second kappa shape index (κ2) is 7.44. The summed E-state index contributed by atoms with van der Waals surface area (Å²) in [7, 11) is 1.63. The van der Waals surface area contributed by atoms with E-state index < -0.39 is 0 Å². The zero-order valence-electron chi connectivity index (χ0n) is 13.3. The van der Waals surface area contributed by atoms with E-state index in [0.29, 0.717) is 24.6 Å². The molecule has 0 saturated heterocycles. The summed E-state index contributed by atoms with van der Waals surface area (Å²) in [5.74, 6) is 1.30. The highest BCUT2D eigenvalue weighted by molar-refractivity contribution is 5.90. The smallest absolute Gasteiger partial charge is 0.149 e. The third kappa shape index (κ3) is 3.62. The highest BCUT2D eigenvalue weighted by atomic mass is 16.5. The predicted octanol–water partition coefficient (Wildman–Crippen LogP) is 3.65. The fourth-order valence-corrected chi connectivity index (χ4v) is 2.34. The lowest BCUT2D eigenvalue weighted by Crippen LogP contribution is -2.04. The Morgan fingerprint density at radius 1 is 1.21 bits per heavy atom. The van der Waals surface area contributed by atoms with Crippen LogP contribution >= 0.6 is 0 Å². The fraction of sp³-hybridized carbons (Fsp3) is 0.158. The van der Waals surface area contributed by atoms with Crippen LogP contribution in [-0.2, 0) is 4.74 Å². The maximum Gasteiger partial charge on any atom is 0.149 e. The third-order valence-corrected chi connectivity index (χ3v) is 3.49. The summed E-state index contributed by atoms with van der Waals surface area (Å²) in [5.41, 5.74) is 3.10. The van der Waals surface area contributed by atoms with Crippen molar-refractivity contribution in [3.63, 3.8) is 0 Å². The summed E-state index contributed by atoms with van der Waals surface area (Å²) in [5, 5.41) is 9.48. The lowest BCUT2D eigenvalue weighted by molar-refractivity contribution is 0.146. The van der Waals surface area contributed by atoms with Gasteiger partial charge in [0.1, 0.15) is 24.3 Å². The number of nitriles is 1. The van der Waals surface area contributed by atoms with E-state index >= 15 is 0 Å². The molecule has 0 unspecified atom stereocenters. The van der Waals surface area contributed by atoms with Gasteiger partial charge in [-0.2, -0.15) is 5.26 Å². The van der Waals surface area contributed by atoms with Crippen molar-refractivity contribution in [3.05, 3.63) is 59.9 Å². The number of nitrogens with zero attached hydrogens (tertiary/aromatic N) is 2. The first-order valence-corrected chi connectivity index (χ1v) is 7.59. The molecular weight excluding hydrogens is 302 g/mol. The Hall–Kier alpha value is -3.10. The third-order valence-electron chi connectivity index (χ3n) is 3.49. The highest BCUT2D eigenvalue weighted by Gasteiger charge is 2.07. The summed E-state index contributed by atoms with van der Waals surface area (Å²) >= 11 is 0. The fourth-order valence-electron chi connectivity index (χ4n) is 2.34. The van der Waals surface area contributed by atoms with Gasteiger partial charge >= 0.3 is 0 Å². The summed E-state index contributed by atoms with van der Waals surface area (Å²) in [6, 6.07) is 17.5. The minimum absolute atomic E-state index is 0.472. The Kier molecular flexibility index (Phi) is 4.90. The lowest BCUT2D eigenvalue weighted by Gasteiger charge is -2.06. The number of H-pyrrole nitrogens is 1. The monoisotopic (exact) mass is 319 g/mol. The largest absolute Gasteiger partial charge is 0.491 e. The highest BCUT2D eigenvalue weighted by Crippen LogP contribution is 2.21. The number of aromatic nitrogens is 2. The molecule has 2 aromatic carbocycles. The van der Waals surface area contributed by atoms with Crippen LogP contribution in [0.5, 0.6) is 5.75 Å². The van der Waals surface area contributed by atoms with Crippen LogP contribution in [0.4, 0.5) is 0 Å². The van der Waals surface area contributed by atoms with Crippen LogP contribution in [0.15, 0.2) is 48.5 Å². The van der Waals surface area contributed by atoms with Gasteiger partial charge in [-0.25, -0.2) is 4.98 Å². The van der Waals surface area contributed by atoms with Gasteiger partial charge in [0.15, 0.2) is 0 Å². The minimum Gasteiger partial charge on any atom is -0.491 e. The first-order valence-electron chi connectivity index (χ1n) is 7.59. The van der Waals surface area contributed by atoms with Crippen molar-refractivity contribution in [2.45, 2.75) is 0 Å². The number of para-hydroxylation sites is 2. The van der Waals surface area contributed by atoms with Crippen molar-refractivity contribution < 1.29 is 9.47 Å². The van der Waals surface area contributed by atoms with Crippen LogP contribution in [0, 0.1) is 11.3 Å². The molecule has 24 heavy (non-hydrogen) atoms. The quantitative estimate of drug-likeness (QED) is 0.556. The van der Waals surface area contributed by atoms with Crippen molar-refractivity contribution >= 4 is 22.7 Å². The average Bonchev–Trinajstić information content (AvgIpc) is 3.04. The first kappa shape index (κ1) is 15.8. The number of hydrogen-bond donors (Lipinski definition) is 1. The minimum atomic E-state index is 0.472. The SMILES string of the molecule is COCCOc1cccc(C=C(C#N)c2nc3ccccc3[nH]2)c1. The number of benzene rings is 2. The maximum atomic E-state index is 9.48. The number of fused-ring (bicyclic) bond motifs is 1. The molecule has 0 bridgehead atoms. The zero-order valence-corrected chi connectivity index (χ0v) is 13.3. The topological polar surface area (TPSA) is 70.9 Å². The van der Waals surface area contributed by atoms with Crippen LogP contribution in [0.2, 0.25) is 0 Å². The molecule has 3 rings (SSSR count). The van der Waals surface area contributed by atoms with E-state index in [2.05, 4.69) is 16.0 Å². The number of aromatic amines is 1. The van der Waals surface area contributed by atoms with Crippen molar-refractivity contribution in [2.24, 2.45) is 0 Å². The van der Waals surface area contributed by atoms with E-state index in [0.717, 1.165) is 22.3 Å². The second-order valence-corrected chi connectivity index (χ2v) is 5.19. The molecule has 0 radical (unpaired) electrons. The number of rotatable bonds is 6. The lowest BCUT2D eigenvalue weighted by atomic mass is 10.1. The van der Waals surface area contributed by atoms with Gasteiger partial charge in [0.25, 0.3) is 0 Å². The standard InChI is InChI=1S/C19H17N3O2/c1-23-9-10-24-16-6-4-5-14(12-16)11-15(13-20)19-21-17-7-2-3-8-18(17)22-19/h2-8,11-12H,9-10H2,1H3,(H,21,22). The molecule has 1 N–H and O–H groups in total. The molecule has 0 saturated carbocycles. The summed E-state index contributed by atoms with van der Waals surface area (Å²) < 4.78 is 10.6. The normalized spacial score (nSPS) is 11.4. The van der Waals surface area contributed by atoms with Crippen LogP contribution in [0.1, 0.15) is 11.4 Å². The number of imidazole rings is 1. The Balaban J connectivity index is 1.87. The molecule has 0 aliphatic rings. The van der Waals surface area contributed by atoms with Crippen molar-refractivity contribution in [2.75, 3.05) is 20.3 Å².